The van der Waals surface area contributed by atoms with E-state index in [-0.39, 0.29) is 6.61 Å². The molecule has 1 aromatic heterocycles. The Labute approximate surface area is 157 Å². The van der Waals surface area contributed by atoms with Gasteiger partial charge in [-0.3, -0.25) is 4.57 Å². The fourth-order valence-electron chi connectivity index (χ4n) is 2.58. The van der Waals surface area contributed by atoms with Gasteiger partial charge in [0.05, 0.1) is 31.2 Å². The Morgan fingerprint density at radius 1 is 1.12 bits per heavy atom. The van der Waals surface area contributed by atoms with Crippen LogP contribution in [0.3, 0.4) is 0 Å². The fraction of sp³-hybridized carbons (Fsp3) is 0.250. The van der Waals surface area contributed by atoms with Crippen LogP contribution in [-0.2, 0) is 0 Å². The summed E-state index contributed by atoms with van der Waals surface area (Å²) in [5, 5.41) is 19.5. The van der Waals surface area contributed by atoms with E-state index in [1.165, 1.54) is 11.8 Å². The van der Waals surface area contributed by atoms with Crippen LogP contribution in [0.25, 0.3) is 16.9 Å². The van der Waals surface area contributed by atoms with E-state index in [1.54, 1.807) is 0 Å². The lowest BCUT2D eigenvalue weighted by Gasteiger charge is -2.14. The molecule has 1 atom stereocenters. The molecule has 1 unspecified atom stereocenters. The van der Waals surface area contributed by atoms with Crippen LogP contribution in [0.5, 0.6) is 5.75 Å². The van der Waals surface area contributed by atoms with Crippen molar-refractivity contribution in [2.45, 2.75) is 18.2 Å². The molecule has 0 saturated heterocycles. The SMILES string of the molecule is CCOc1ccc(-n2c(-c3ccccc3)cnc2SCC(O)CO)cc1. The van der Waals surface area contributed by atoms with Crippen molar-refractivity contribution in [2.24, 2.45) is 0 Å². The van der Waals surface area contributed by atoms with E-state index in [9.17, 15) is 5.11 Å². The van der Waals surface area contributed by atoms with E-state index >= 15 is 0 Å². The Morgan fingerprint density at radius 3 is 2.50 bits per heavy atom. The predicted octanol–water partition coefficient (Wildman–Crippen LogP) is 3.38. The van der Waals surface area contributed by atoms with Gasteiger partial charge in [-0.25, -0.2) is 4.98 Å². The summed E-state index contributed by atoms with van der Waals surface area (Å²) in [4.78, 5) is 4.54. The van der Waals surface area contributed by atoms with Crippen LogP contribution in [0.15, 0.2) is 66.0 Å². The Morgan fingerprint density at radius 2 is 1.85 bits per heavy atom. The number of ether oxygens (including phenoxy) is 1. The monoisotopic (exact) mass is 370 g/mol. The molecule has 26 heavy (non-hydrogen) atoms. The van der Waals surface area contributed by atoms with Crippen molar-refractivity contribution in [3.05, 3.63) is 60.8 Å². The lowest BCUT2D eigenvalue weighted by molar-refractivity contribution is 0.113. The molecular formula is C20H22N2O3S. The van der Waals surface area contributed by atoms with Crippen molar-refractivity contribution in [3.8, 4) is 22.7 Å². The number of nitrogens with zero attached hydrogens (tertiary/aromatic N) is 2. The first-order chi connectivity index (χ1) is 12.7. The summed E-state index contributed by atoms with van der Waals surface area (Å²) < 4.78 is 7.58. The lowest BCUT2D eigenvalue weighted by Crippen LogP contribution is -2.15. The molecule has 0 aliphatic heterocycles. The summed E-state index contributed by atoms with van der Waals surface area (Å²) in [6.45, 7) is 2.32. The highest BCUT2D eigenvalue weighted by atomic mass is 32.2. The second-order valence-corrected chi connectivity index (χ2v) is 6.69. The van der Waals surface area contributed by atoms with Crippen LogP contribution >= 0.6 is 11.8 Å². The Kier molecular flexibility index (Phi) is 6.33. The number of aromatic nitrogens is 2. The summed E-state index contributed by atoms with van der Waals surface area (Å²) in [6, 6.07) is 17.9. The van der Waals surface area contributed by atoms with Crippen LogP contribution < -0.4 is 4.74 Å². The molecular weight excluding hydrogens is 348 g/mol. The molecule has 136 valence electrons. The minimum atomic E-state index is -0.773. The van der Waals surface area contributed by atoms with Gasteiger partial charge in [-0.05, 0) is 31.2 Å². The Bertz CT molecular complexity index is 819. The number of aliphatic hydroxyl groups is 2. The summed E-state index contributed by atoms with van der Waals surface area (Å²) in [5.41, 5.74) is 2.99. The number of benzene rings is 2. The molecule has 2 aromatic carbocycles. The van der Waals surface area contributed by atoms with Crippen LogP contribution in [-0.4, -0.2) is 44.8 Å². The molecule has 0 amide bonds. The van der Waals surface area contributed by atoms with Crippen molar-refractivity contribution in [1.82, 2.24) is 9.55 Å². The van der Waals surface area contributed by atoms with Gasteiger partial charge in [0.15, 0.2) is 5.16 Å². The number of imidazole rings is 1. The third kappa shape index (κ3) is 4.27. The summed E-state index contributed by atoms with van der Waals surface area (Å²) in [6.07, 6.45) is 1.06. The minimum absolute atomic E-state index is 0.262. The van der Waals surface area contributed by atoms with Crippen LogP contribution in [0.1, 0.15) is 6.92 Å². The zero-order chi connectivity index (χ0) is 18.4. The summed E-state index contributed by atoms with van der Waals surface area (Å²) in [5.74, 6) is 1.20. The van der Waals surface area contributed by atoms with Crippen molar-refractivity contribution < 1.29 is 14.9 Å². The Balaban J connectivity index is 1.99. The van der Waals surface area contributed by atoms with E-state index < -0.39 is 6.10 Å². The molecule has 0 bridgehead atoms. The molecule has 5 nitrogen and oxygen atoms in total. The van der Waals surface area contributed by atoms with E-state index in [1.807, 2.05) is 67.7 Å². The standard InChI is InChI=1S/C20H22N2O3S/c1-2-25-18-10-8-16(9-11-18)22-19(15-6-4-3-5-7-15)12-21-20(22)26-14-17(24)13-23/h3-12,17,23-24H,2,13-14H2,1H3. The molecule has 0 aliphatic rings. The van der Waals surface area contributed by atoms with Crippen LogP contribution in [0.2, 0.25) is 0 Å². The molecule has 0 radical (unpaired) electrons. The first-order valence-electron chi connectivity index (χ1n) is 8.51. The van der Waals surface area contributed by atoms with E-state index in [4.69, 9.17) is 9.84 Å². The molecule has 3 aromatic rings. The fourth-order valence-corrected chi connectivity index (χ4v) is 3.49. The second-order valence-electron chi connectivity index (χ2n) is 5.70. The van der Waals surface area contributed by atoms with Crippen molar-refractivity contribution >= 4 is 11.8 Å². The highest BCUT2D eigenvalue weighted by molar-refractivity contribution is 7.99. The zero-order valence-corrected chi connectivity index (χ0v) is 15.4. The quantitative estimate of drug-likeness (QED) is 0.595. The first-order valence-corrected chi connectivity index (χ1v) is 9.49. The highest BCUT2D eigenvalue weighted by Crippen LogP contribution is 2.30. The highest BCUT2D eigenvalue weighted by Gasteiger charge is 2.15. The van der Waals surface area contributed by atoms with Gasteiger partial charge in [-0.15, -0.1) is 0 Å². The topological polar surface area (TPSA) is 67.5 Å². The number of hydrogen-bond donors (Lipinski definition) is 2. The van der Waals surface area contributed by atoms with Gasteiger partial charge in [0.1, 0.15) is 5.75 Å². The molecule has 1 heterocycles. The number of hydrogen-bond acceptors (Lipinski definition) is 5. The maximum atomic E-state index is 9.68. The zero-order valence-electron chi connectivity index (χ0n) is 14.6. The molecule has 0 fully saturated rings. The largest absolute Gasteiger partial charge is 0.494 e. The van der Waals surface area contributed by atoms with Crippen molar-refractivity contribution in [3.63, 3.8) is 0 Å². The van der Waals surface area contributed by atoms with Crippen molar-refractivity contribution in [1.29, 1.82) is 0 Å². The van der Waals surface area contributed by atoms with Gasteiger partial charge in [0, 0.05) is 17.0 Å². The smallest absolute Gasteiger partial charge is 0.173 e. The first kappa shape index (κ1) is 18.5. The lowest BCUT2D eigenvalue weighted by atomic mass is 10.1. The number of rotatable bonds is 8. The van der Waals surface area contributed by atoms with E-state index in [2.05, 4.69) is 9.55 Å². The van der Waals surface area contributed by atoms with Crippen molar-refractivity contribution in [2.75, 3.05) is 19.0 Å². The molecule has 0 aliphatic carbocycles. The van der Waals surface area contributed by atoms with Gasteiger partial charge < -0.3 is 14.9 Å². The van der Waals surface area contributed by atoms with Crippen LogP contribution in [0, 0.1) is 0 Å². The predicted molar refractivity (Wildman–Crippen MR) is 104 cm³/mol. The molecule has 0 spiro atoms. The molecule has 3 rings (SSSR count). The molecule has 2 N–H and O–H groups in total. The van der Waals surface area contributed by atoms with Gasteiger partial charge in [0.2, 0.25) is 0 Å². The van der Waals surface area contributed by atoms with E-state index in [0.717, 1.165) is 27.9 Å². The third-order valence-corrected chi connectivity index (χ3v) is 4.92. The number of thioether (sulfide) groups is 1. The van der Waals surface area contributed by atoms with Gasteiger partial charge in [-0.1, -0.05) is 42.1 Å². The molecule has 0 saturated carbocycles. The van der Waals surface area contributed by atoms with Gasteiger partial charge in [-0.2, -0.15) is 0 Å². The third-order valence-electron chi connectivity index (χ3n) is 3.82. The average molecular weight is 370 g/mol. The minimum Gasteiger partial charge on any atom is -0.494 e. The van der Waals surface area contributed by atoms with E-state index in [0.29, 0.717) is 12.4 Å². The Hall–Kier alpha value is -2.28. The van der Waals surface area contributed by atoms with Gasteiger partial charge >= 0.3 is 0 Å². The normalized spacial score (nSPS) is 12.1. The maximum absolute atomic E-state index is 9.68. The number of aliphatic hydroxyl groups excluding tert-OH is 2. The van der Waals surface area contributed by atoms with Crippen LogP contribution in [0.4, 0.5) is 0 Å². The summed E-state index contributed by atoms with van der Waals surface area (Å²) >= 11 is 1.42. The maximum Gasteiger partial charge on any atom is 0.173 e. The average Bonchev–Trinajstić information content (AvgIpc) is 3.11. The summed E-state index contributed by atoms with van der Waals surface area (Å²) in [7, 11) is 0. The molecule has 6 heteroatoms. The second kappa shape index (κ2) is 8.89. The van der Waals surface area contributed by atoms with Gasteiger partial charge in [0.25, 0.3) is 0 Å².